The molecule has 0 fully saturated rings. The number of nitrogens with zero attached hydrogens (tertiary/aromatic N) is 2. The Balaban J connectivity index is 2.12. The molecule has 0 unspecified atom stereocenters. The molecule has 1 N–H and O–H groups in total. The van der Waals surface area contributed by atoms with Crippen LogP contribution >= 0.6 is 0 Å². The molecule has 0 saturated carbocycles. The van der Waals surface area contributed by atoms with Gasteiger partial charge in [-0.05, 0) is 6.42 Å². The minimum Gasteiger partial charge on any atom is -0.469 e. The first kappa shape index (κ1) is 9.05. The lowest BCUT2D eigenvalue weighted by Crippen LogP contribution is -2.16. The summed E-state index contributed by atoms with van der Waals surface area (Å²) in [6.07, 6.45) is 3.25. The molecule has 5 nitrogen and oxygen atoms in total. The van der Waals surface area contributed by atoms with Crippen LogP contribution in [0.4, 0.5) is 5.95 Å². The Bertz CT molecular complexity index is 322. The van der Waals surface area contributed by atoms with Crippen molar-refractivity contribution >= 4 is 11.9 Å². The Morgan fingerprint density at radius 2 is 2.64 bits per heavy atom. The van der Waals surface area contributed by atoms with E-state index >= 15 is 0 Å². The van der Waals surface area contributed by atoms with E-state index in [-0.39, 0.29) is 12.4 Å². The van der Waals surface area contributed by atoms with Crippen LogP contribution in [0.5, 0.6) is 0 Å². The summed E-state index contributed by atoms with van der Waals surface area (Å²) in [4.78, 5) is 15.3. The zero-order valence-electron chi connectivity index (χ0n) is 8.12. The van der Waals surface area contributed by atoms with E-state index < -0.39 is 0 Å². The van der Waals surface area contributed by atoms with E-state index in [1.165, 1.54) is 7.11 Å². The van der Waals surface area contributed by atoms with Gasteiger partial charge in [-0.1, -0.05) is 0 Å². The molecule has 1 aliphatic heterocycles. The van der Waals surface area contributed by atoms with Gasteiger partial charge in [-0.3, -0.25) is 4.79 Å². The molecule has 0 saturated heterocycles. The van der Waals surface area contributed by atoms with Gasteiger partial charge in [0, 0.05) is 19.3 Å². The van der Waals surface area contributed by atoms with Gasteiger partial charge >= 0.3 is 5.97 Å². The van der Waals surface area contributed by atoms with Crippen molar-refractivity contribution < 1.29 is 9.53 Å². The first-order valence-electron chi connectivity index (χ1n) is 4.66. The lowest BCUT2D eigenvalue weighted by Gasteiger charge is -2.14. The second-order valence-electron chi connectivity index (χ2n) is 3.28. The number of hydrogen-bond acceptors (Lipinski definition) is 4. The summed E-state index contributed by atoms with van der Waals surface area (Å²) >= 11 is 0. The van der Waals surface area contributed by atoms with Crippen molar-refractivity contribution in [2.24, 2.45) is 0 Å². The van der Waals surface area contributed by atoms with Crippen molar-refractivity contribution in [1.82, 2.24) is 9.55 Å². The van der Waals surface area contributed by atoms with Crippen molar-refractivity contribution in [3.05, 3.63) is 11.9 Å². The van der Waals surface area contributed by atoms with Crippen molar-refractivity contribution in [1.29, 1.82) is 0 Å². The summed E-state index contributed by atoms with van der Waals surface area (Å²) in [6, 6.07) is 0. The molecule has 0 amide bonds. The Morgan fingerprint density at radius 3 is 3.36 bits per heavy atom. The van der Waals surface area contributed by atoms with Crippen LogP contribution < -0.4 is 5.32 Å². The van der Waals surface area contributed by atoms with Gasteiger partial charge in [-0.15, -0.1) is 0 Å². The quantitative estimate of drug-likeness (QED) is 0.695. The topological polar surface area (TPSA) is 56.2 Å². The summed E-state index contributed by atoms with van der Waals surface area (Å²) in [7, 11) is 1.39. The number of imidazole rings is 1. The summed E-state index contributed by atoms with van der Waals surface area (Å²) in [5.74, 6) is 0.607. The fourth-order valence-electron chi connectivity index (χ4n) is 1.54. The number of anilines is 1. The molecule has 0 spiro atoms. The molecule has 0 atom stereocenters. The average Bonchev–Trinajstić information content (AvgIpc) is 2.59. The van der Waals surface area contributed by atoms with Gasteiger partial charge in [0.05, 0.1) is 19.2 Å². The fraction of sp³-hybridized carbons (Fsp3) is 0.556. The number of hydrogen-bond donors (Lipinski definition) is 1. The van der Waals surface area contributed by atoms with Crippen LogP contribution in [0.2, 0.25) is 0 Å². The lowest BCUT2D eigenvalue weighted by molar-refractivity contribution is -0.139. The van der Waals surface area contributed by atoms with Gasteiger partial charge in [-0.25, -0.2) is 4.98 Å². The summed E-state index contributed by atoms with van der Waals surface area (Å²) < 4.78 is 6.61. The number of fused-ring (bicyclic) bond motifs is 1. The van der Waals surface area contributed by atoms with E-state index in [1.54, 1.807) is 0 Å². The predicted molar refractivity (Wildman–Crippen MR) is 51.1 cm³/mol. The van der Waals surface area contributed by atoms with Gasteiger partial charge < -0.3 is 14.6 Å². The molecule has 0 aliphatic carbocycles. The maximum atomic E-state index is 11.0. The first-order chi connectivity index (χ1) is 6.79. The van der Waals surface area contributed by atoms with Gasteiger partial charge in [-0.2, -0.15) is 0 Å². The molecular weight excluding hydrogens is 182 g/mol. The minimum atomic E-state index is -0.250. The second kappa shape index (κ2) is 3.69. The monoisotopic (exact) mass is 195 g/mol. The highest BCUT2D eigenvalue weighted by Crippen LogP contribution is 2.14. The van der Waals surface area contributed by atoms with E-state index in [0.717, 1.165) is 31.2 Å². The number of methoxy groups -OCH3 is 1. The molecular formula is C9H13N3O2. The molecule has 0 aromatic carbocycles. The summed E-state index contributed by atoms with van der Waals surface area (Å²) in [5, 5.41) is 3.17. The number of carbonyl (C=O) groups is 1. The summed E-state index contributed by atoms with van der Waals surface area (Å²) in [6.45, 7) is 1.92. The van der Waals surface area contributed by atoms with Crippen LogP contribution in [-0.2, 0) is 22.5 Å². The van der Waals surface area contributed by atoms with Crippen molar-refractivity contribution in [2.75, 3.05) is 19.0 Å². The molecule has 2 heterocycles. The Hall–Kier alpha value is -1.52. The predicted octanol–water partition coefficient (Wildman–Crippen LogP) is 0.414. The number of aryl methyl sites for hydroxylation is 1. The number of rotatable bonds is 2. The fourth-order valence-corrected chi connectivity index (χ4v) is 1.54. The van der Waals surface area contributed by atoms with Crippen LogP contribution in [0.1, 0.15) is 12.1 Å². The normalized spacial score (nSPS) is 14.4. The van der Waals surface area contributed by atoms with Crippen LogP contribution in [0.25, 0.3) is 0 Å². The van der Waals surface area contributed by atoms with Crippen LogP contribution in [0.3, 0.4) is 0 Å². The Kier molecular flexibility index (Phi) is 2.39. The molecule has 1 aliphatic rings. The van der Waals surface area contributed by atoms with Crippen LogP contribution in [0.15, 0.2) is 6.20 Å². The van der Waals surface area contributed by atoms with Gasteiger partial charge in [0.25, 0.3) is 0 Å². The van der Waals surface area contributed by atoms with Crippen molar-refractivity contribution in [3.63, 3.8) is 0 Å². The lowest BCUT2D eigenvalue weighted by atomic mass is 10.3. The second-order valence-corrected chi connectivity index (χ2v) is 3.28. The van der Waals surface area contributed by atoms with Gasteiger partial charge in [0.2, 0.25) is 5.95 Å². The molecule has 76 valence electrons. The van der Waals surface area contributed by atoms with E-state index in [2.05, 4.69) is 15.0 Å². The zero-order chi connectivity index (χ0) is 9.97. The average molecular weight is 195 g/mol. The maximum absolute atomic E-state index is 11.0. The maximum Gasteiger partial charge on any atom is 0.311 e. The molecule has 1 aromatic heterocycles. The molecule has 2 rings (SSSR count). The molecule has 1 aromatic rings. The smallest absolute Gasteiger partial charge is 0.311 e. The largest absolute Gasteiger partial charge is 0.469 e. The molecule has 0 radical (unpaired) electrons. The van der Waals surface area contributed by atoms with Crippen molar-refractivity contribution in [3.8, 4) is 0 Å². The Labute approximate surface area is 82.1 Å². The molecule has 0 bridgehead atoms. The Morgan fingerprint density at radius 1 is 1.79 bits per heavy atom. The van der Waals surface area contributed by atoms with Crippen LogP contribution in [0, 0.1) is 0 Å². The number of ether oxygens (including phenoxy) is 1. The van der Waals surface area contributed by atoms with Crippen LogP contribution in [-0.4, -0.2) is 29.2 Å². The minimum absolute atomic E-state index is 0.248. The summed E-state index contributed by atoms with van der Waals surface area (Å²) in [5.41, 5.74) is 0.765. The highest BCUT2D eigenvalue weighted by atomic mass is 16.5. The molecule has 14 heavy (non-hydrogen) atoms. The first-order valence-corrected chi connectivity index (χ1v) is 4.66. The zero-order valence-corrected chi connectivity index (χ0v) is 8.12. The van der Waals surface area contributed by atoms with Gasteiger partial charge in [0.1, 0.15) is 0 Å². The van der Waals surface area contributed by atoms with E-state index in [1.807, 2.05) is 10.8 Å². The van der Waals surface area contributed by atoms with E-state index in [9.17, 15) is 4.79 Å². The van der Waals surface area contributed by atoms with Gasteiger partial charge in [0.15, 0.2) is 0 Å². The van der Waals surface area contributed by atoms with Crippen molar-refractivity contribution in [2.45, 2.75) is 19.4 Å². The number of nitrogens with one attached hydrogen (secondary N) is 1. The third-order valence-electron chi connectivity index (χ3n) is 2.24. The number of esters is 1. The highest BCUT2D eigenvalue weighted by Gasteiger charge is 2.13. The van der Waals surface area contributed by atoms with E-state index in [4.69, 9.17) is 0 Å². The highest BCUT2D eigenvalue weighted by molar-refractivity contribution is 5.71. The SMILES string of the molecule is COC(=O)Cc1cn2c(n1)NCCC2. The third-order valence-corrected chi connectivity index (χ3v) is 2.24. The number of aromatic nitrogens is 2. The third kappa shape index (κ3) is 1.71. The molecule has 5 heteroatoms. The number of carbonyl (C=O) groups excluding carboxylic acids is 1. The standard InChI is InChI=1S/C9H13N3O2/c1-14-8(13)5-7-6-12-4-2-3-10-9(12)11-7/h6H,2-5H2,1H3,(H,10,11). The van der Waals surface area contributed by atoms with E-state index in [0.29, 0.717) is 0 Å².